The van der Waals surface area contributed by atoms with E-state index in [0.717, 1.165) is 6.42 Å². The number of sulfonamides is 1. The lowest BCUT2D eigenvalue weighted by Crippen LogP contribution is -2.44. The highest BCUT2D eigenvalue weighted by molar-refractivity contribution is 7.89. The first-order valence-corrected chi connectivity index (χ1v) is 8.11. The zero-order chi connectivity index (χ0) is 15.3. The normalized spacial score (nSPS) is 13.4. The first-order chi connectivity index (χ1) is 9.29. The fourth-order valence-corrected chi connectivity index (χ4v) is 3.55. The summed E-state index contributed by atoms with van der Waals surface area (Å²) in [5.41, 5.74) is 0.704. The van der Waals surface area contributed by atoms with E-state index in [9.17, 15) is 13.2 Å². The molecule has 0 saturated carbocycles. The second-order valence-electron chi connectivity index (χ2n) is 5.04. The van der Waals surface area contributed by atoms with Gasteiger partial charge in [0.05, 0.1) is 4.90 Å². The van der Waals surface area contributed by atoms with E-state index in [0.29, 0.717) is 12.0 Å². The summed E-state index contributed by atoms with van der Waals surface area (Å²) in [6, 6.07) is 5.55. The van der Waals surface area contributed by atoms with Crippen molar-refractivity contribution in [1.82, 2.24) is 4.72 Å². The SMILES string of the molecule is CCCc1ccccc1S(=O)(=O)NC(C(=O)O)C(C)C. The van der Waals surface area contributed by atoms with Crippen LogP contribution >= 0.6 is 0 Å². The molecule has 1 aromatic rings. The topological polar surface area (TPSA) is 83.5 Å². The quantitative estimate of drug-likeness (QED) is 0.807. The molecule has 2 N–H and O–H groups in total. The first kappa shape index (κ1) is 16.7. The van der Waals surface area contributed by atoms with Gasteiger partial charge in [-0.15, -0.1) is 0 Å². The number of carboxylic acids is 1. The zero-order valence-corrected chi connectivity index (χ0v) is 12.8. The summed E-state index contributed by atoms with van der Waals surface area (Å²) in [5, 5.41) is 9.10. The fourth-order valence-electron chi connectivity index (χ4n) is 1.94. The van der Waals surface area contributed by atoms with Crippen molar-refractivity contribution < 1.29 is 18.3 Å². The third-order valence-electron chi connectivity index (χ3n) is 3.00. The predicted octanol–water partition coefficient (Wildman–Crippen LogP) is 2.03. The Morgan fingerprint density at radius 3 is 2.40 bits per heavy atom. The molecule has 0 aliphatic heterocycles. The van der Waals surface area contributed by atoms with Crippen LogP contribution < -0.4 is 4.72 Å². The molecule has 1 unspecified atom stereocenters. The van der Waals surface area contributed by atoms with Gasteiger partial charge in [-0.1, -0.05) is 45.4 Å². The van der Waals surface area contributed by atoms with Gasteiger partial charge in [0.1, 0.15) is 6.04 Å². The van der Waals surface area contributed by atoms with E-state index < -0.39 is 22.0 Å². The minimum absolute atomic E-state index is 0.161. The predicted molar refractivity (Wildman–Crippen MR) is 77.0 cm³/mol. The van der Waals surface area contributed by atoms with Crippen LogP contribution in [0.15, 0.2) is 29.2 Å². The van der Waals surface area contributed by atoms with Crippen LogP contribution in [0.2, 0.25) is 0 Å². The minimum Gasteiger partial charge on any atom is -0.480 e. The van der Waals surface area contributed by atoms with E-state index >= 15 is 0 Å². The average Bonchev–Trinajstić information content (AvgIpc) is 2.36. The second-order valence-corrected chi connectivity index (χ2v) is 6.72. The molecule has 0 aromatic heterocycles. The number of hydrogen-bond donors (Lipinski definition) is 2. The van der Waals surface area contributed by atoms with Gasteiger partial charge in [-0.25, -0.2) is 8.42 Å². The van der Waals surface area contributed by atoms with Gasteiger partial charge in [0.2, 0.25) is 10.0 Å². The van der Waals surface area contributed by atoms with Gasteiger partial charge in [-0.05, 0) is 24.0 Å². The summed E-state index contributed by atoms with van der Waals surface area (Å²) in [7, 11) is -3.83. The molecule has 0 aliphatic rings. The van der Waals surface area contributed by atoms with Gasteiger partial charge in [0.25, 0.3) is 0 Å². The summed E-state index contributed by atoms with van der Waals surface area (Å²) in [6.45, 7) is 5.30. The highest BCUT2D eigenvalue weighted by Crippen LogP contribution is 2.18. The number of aliphatic carboxylic acids is 1. The van der Waals surface area contributed by atoms with Crippen LogP contribution in [-0.2, 0) is 21.2 Å². The standard InChI is InChI=1S/C14H21NO4S/c1-4-7-11-8-5-6-9-12(11)20(18,19)15-13(10(2)3)14(16)17/h5-6,8-10,13,15H,4,7H2,1-3H3,(H,16,17). The Balaban J connectivity index is 3.14. The lowest BCUT2D eigenvalue weighted by atomic mass is 10.1. The van der Waals surface area contributed by atoms with Crippen molar-refractivity contribution >= 4 is 16.0 Å². The zero-order valence-electron chi connectivity index (χ0n) is 12.0. The summed E-state index contributed by atoms with van der Waals surface area (Å²) in [4.78, 5) is 11.3. The van der Waals surface area contributed by atoms with Crippen molar-refractivity contribution in [3.63, 3.8) is 0 Å². The lowest BCUT2D eigenvalue weighted by Gasteiger charge is -2.19. The summed E-state index contributed by atoms with van der Waals surface area (Å²) < 4.78 is 27.0. The smallest absolute Gasteiger partial charge is 0.322 e. The third-order valence-corrected chi connectivity index (χ3v) is 4.54. The van der Waals surface area contributed by atoms with Crippen LogP contribution in [0, 0.1) is 5.92 Å². The molecular weight excluding hydrogens is 278 g/mol. The molecule has 20 heavy (non-hydrogen) atoms. The van der Waals surface area contributed by atoms with Gasteiger partial charge in [0.15, 0.2) is 0 Å². The molecule has 6 heteroatoms. The molecule has 0 saturated heterocycles. The molecule has 1 atom stereocenters. The van der Waals surface area contributed by atoms with E-state index in [-0.39, 0.29) is 10.8 Å². The van der Waals surface area contributed by atoms with Gasteiger partial charge >= 0.3 is 5.97 Å². The Labute approximate surface area is 120 Å². The van der Waals surface area contributed by atoms with Crippen molar-refractivity contribution in [2.24, 2.45) is 5.92 Å². The first-order valence-electron chi connectivity index (χ1n) is 6.62. The largest absolute Gasteiger partial charge is 0.480 e. The average molecular weight is 299 g/mol. The summed E-state index contributed by atoms with van der Waals surface area (Å²) >= 11 is 0. The number of hydrogen-bond acceptors (Lipinski definition) is 3. The van der Waals surface area contributed by atoms with Crippen LogP contribution in [0.4, 0.5) is 0 Å². The monoisotopic (exact) mass is 299 g/mol. The Hall–Kier alpha value is -1.40. The molecule has 0 heterocycles. The highest BCUT2D eigenvalue weighted by atomic mass is 32.2. The lowest BCUT2D eigenvalue weighted by molar-refractivity contribution is -0.140. The van der Waals surface area contributed by atoms with E-state index in [4.69, 9.17) is 5.11 Å². The van der Waals surface area contributed by atoms with Crippen LogP contribution in [-0.4, -0.2) is 25.5 Å². The molecule has 0 fully saturated rings. The Bertz CT molecular complexity index is 566. The highest BCUT2D eigenvalue weighted by Gasteiger charge is 2.28. The summed E-state index contributed by atoms with van der Waals surface area (Å²) in [5.74, 6) is -1.50. The third kappa shape index (κ3) is 4.05. The van der Waals surface area contributed by atoms with Gasteiger partial charge < -0.3 is 5.11 Å². The van der Waals surface area contributed by atoms with Crippen LogP contribution in [0.1, 0.15) is 32.8 Å². The number of nitrogens with one attached hydrogen (secondary N) is 1. The second kappa shape index (κ2) is 6.85. The Kier molecular flexibility index (Phi) is 5.71. The summed E-state index contributed by atoms with van der Waals surface area (Å²) in [6.07, 6.45) is 1.45. The molecule has 0 aliphatic carbocycles. The molecule has 5 nitrogen and oxygen atoms in total. The van der Waals surface area contributed by atoms with E-state index in [1.165, 1.54) is 6.07 Å². The Morgan fingerprint density at radius 1 is 1.30 bits per heavy atom. The maximum absolute atomic E-state index is 12.4. The van der Waals surface area contributed by atoms with Gasteiger partial charge in [0, 0.05) is 0 Å². The van der Waals surface area contributed by atoms with E-state index in [1.807, 2.05) is 6.92 Å². The van der Waals surface area contributed by atoms with Gasteiger partial charge in [-0.3, -0.25) is 4.79 Å². The fraction of sp³-hybridized carbons (Fsp3) is 0.500. The van der Waals surface area contributed by atoms with Crippen molar-refractivity contribution in [3.8, 4) is 0 Å². The van der Waals surface area contributed by atoms with Crippen LogP contribution in [0.5, 0.6) is 0 Å². The molecule has 0 bridgehead atoms. The van der Waals surface area contributed by atoms with Crippen LogP contribution in [0.25, 0.3) is 0 Å². The molecule has 112 valence electrons. The number of carboxylic acid groups (broad SMARTS) is 1. The molecular formula is C14H21NO4S. The number of benzene rings is 1. The number of carbonyl (C=O) groups is 1. The van der Waals surface area contributed by atoms with E-state index in [2.05, 4.69) is 4.72 Å². The van der Waals surface area contributed by atoms with E-state index in [1.54, 1.807) is 32.0 Å². The molecule has 0 amide bonds. The maximum atomic E-state index is 12.4. The number of aryl methyl sites for hydroxylation is 1. The van der Waals surface area contributed by atoms with Gasteiger partial charge in [-0.2, -0.15) is 4.72 Å². The molecule has 1 aromatic carbocycles. The molecule has 0 spiro atoms. The minimum atomic E-state index is -3.83. The number of rotatable bonds is 7. The van der Waals surface area contributed by atoms with Crippen molar-refractivity contribution in [3.05, 3.63) is 29.8 Å². The molecule has 1 rings (SSSR count). The van der Waals surface area contributed by atoms with Crippen molar-refractivity contribution in [2.45, 2.75) is 44.6 Å². The Morgan fingerprint density at radius 2 is 1.90 bits per heavy atom. The van der Waals surface area contributed by atoms with Crippen molar-refractivity contribution in [2.75, 3.05) is 0 Å². The maximum Gasteiger partial charge on any atom is 0.322 e. The van der Waals surface area contributed by atoms with Crippen LogP contribution in [0.3, 0.4) is 0 Å². The molecule has 0 radical (unpaired) electrons. The van der Waals surface area contributed by atoms with Crippen molar-refractivity contribution in [1.29, 1.82) is 0 Å².